The van der Waals surface area contributed by atoms with E-state index in [-0.39, 0.29) is 34.4 Å². The quantitative estimate of drug-likeness (QED) is 0.391. The maximum absolute atomic E-state index is 13.0. The van der Waals surface area contributed by atoms with E-state index >= 15 is 0 Å². The van der Waals surface area contributed by atoms with Gasteiger partial charge in [-0.25, -0.2) is 0 Å². The van der Waals surface area contributed by atoms with Gasteiger partial charge in [0.1, 0.15) is 4.33 Å². The molecule has 2 aliphatic rings. The van der Waals surface area contributed by atoms with Crippen LogP contribution in [0.3, 0.4) is 0 Å². The molecule has 10 heteroatoms. The minimum absolute atomic E-state index is 0.0523. The number of hydrogen-bond donors (Lipinski definition) is 2. The standard InChI is InChI=1S/C24H20Cl5N3O2/c1-11-6-13(8-18(26)21(11)27)19-20(24(19,28)29)23(34)32-15-4-5-17(25)16(9-15)22(33)31-14-3-2-12(7-14)10-30/h4-6,8-9,12,14,19-20H,2-3,7H2,1H3,(H,31,33)(H,32,34). The maximum Gasteiger partial charge on any atom is 0.253 e. The molecule has 0 heterocycles. The Hall–Kier alpha value is -1.68. The number of aryl methyl sites for hydroxylation is 1. The second kappa shape index (κ2) is 9.76. The number of alkyl halides is 2. The second-order valence-corrected chi connectivity index (χ2v) is 11.4. The highest BCUT2D eigenvalue weighted by atomic mass is 35.5. The van der Waals surface area contributed by atoms with Crippen LogP contribution in [-0.2, 0) is 4.79 Å². The van der Waals surface area contributed by atoms with Crippen LogP contribution in [0, 0.1) is 30.1 Å². The topological polar surface area (TPSA) is 82.0 Å². The van der Waals surface area contributed by atoms with E-state index in [1.54, 1.807) is 18.2 Å². The lowest BCUT2D eigenvalue weighted by molar-refractivity contribution is -0.117. The van der Waals surface area contributed by atoms with Crippen molar-refractivity contribution in [1.29, 1.82) is 5.26 Å². The second-order valence-electron chi connectivity index (χ2n) is 8.76. The molecule has 34 heavy (non-hydrogen) atoms. The minimum Gasteiger partial charge on any atom is -0.349 e. The van der Waals surface area contributed by atoms with Crippen LogP contribution in [0.2, 0.25) is 15.1 Å². The monoisotopic (exact) mass is 557 g/mol. The fourth-order valence-corrected chi connectivity index (χ4v) is 5.91. The number of anilines is 1. The van der Waals surface area contributed by atoms with Crippen molar-refractivity contribution in [3.8, 4) is 6.07 Å². The lowest BCUT2D eigenvalue weighted by atomic mass is 10.1. The van der Waals surface area contributed by atoms with Crippen LogP contribution in [0.25, 0.3) is 0 Å². The first-order chi connectivity index (χ1) is 16.0. The summed E-state index contributed by atoms with van der Waals surface area (Å²) in [5.74, 6) is -1.98. The summed E-state index contributed by atoms with van der Waals surface area (Å²) in [6, 6.07) is 10.3. The fourth-order valence-electron chi connectivity index (χ4n) is 4.49. The van der Waals surface area contributed by atoms with Gasteiger partial charge >= 0.3 is 0 Å². The zero-order chi connectivity index (χ0) is 24.8. The Morgan fingerprint density at radius 2 is 1.82 bits per heavy atom. The number of halogens is 5. The highest BCUT2D eigenvalue weighted by Gasteiger charge is 2.67. The lowest BCUT2D eigenvalue weighted by Gasteiger charge is -2.14. The largest absolute Gasteiger partial charge is 0.349 e. The predicted octanol–water partition coefficient (Wildman–Crippen LogP) is 6.90. The number of nitrogens with zero attached hydrogens (tertiary/aromatic N) is 1. The molecule has 0 aromatic heterocycles. The first-order valence-electron chi connectivity index (χ1n) is 10.7. The van der Waals surface area contributed by atoms with Crippen LogP contribution in [0.5, 0.6) is 0 Å². The Kier molecular flexibility index (Phi) is 7.29. The summed E-state index contributed by atoms with van der Waals surface area (Å²) in [4.78, 5) is 25.8. The van der Waals surface area contributed by atoms with Crippen molar-refractivity contribution in [2.75, 3.05) is 5.32 Å². The highest BCUT2D eigenvalue weighted by Crippen LogP contribution is 2.65. The van der Waals surface area contributed by atoms with Crippen molar-refractivity contribution in [3.05, 3.63) is 62.1 Å². The zero-order valence-corrected chi connectivity index (χ0v) is 21.8. The average Bonchev–Trinajstić information content (AvgIpc) is 3.11. The molecule has 2 aromatic carbocycles. The lowest BCUT2D eigenvalue weighted by Crippen LogP contribution is -2.33. The molecular weight excluding hydrogens is 540 g/mol. The summed E-state index contributed by atoms with van der Waals surface area (Å²) >= 11 is 31.5. The molecule has 0 radical (unpaired) electrons. The molecule has 2 fully saturated rings. The number of hydrogen-bond acceptors (Lipinski definition) is 3. The molecule has 2 amide bonds. The summed E-state index contributed by atoms with van der Waals surface area (Å²) in [5.41, 5.74) is 2.10. The molecule has 4 unspecified atom stereocenters. The Morgan fingerprint density at radius 3 is 2.47 bits per heavy atom. The molecule has 4 atom stereocenters. The number of carbonyl (C=O) groups is 2. The molecule has 0 aliphatic heterocycles. The SMILES string of the molecule is Cc1cc(C2C(C(=O)Nc3ccc(Cl)c(C(=O)NC4CCC(C#N)C4)c3)C2(Cl)Cl)cc(Cl)c1Cl. The van der Waals surface area contributed by atoms with E-state index < -0.39 is 16.2 Å². The van der Waals surface area contributed by atoms with E-state index in [1.165, 1.54) is 6.07 Å². The molecular formula is C24H20Cl5N3O2. The zero-order valence-electron chi connectivity index (χ0n) is 18.0. The van der Waals surface area contributed by atoms with Crippen molar-refractivity contribution in [1.82, 2.24) is 5.32 Å². The molecule has 2 aliphatic carbocycles. The van der Waals surface area contributed by atoms with Gasteiger partial charge in [0.2, 0.25) is 5.91 Å². The third-order valence-corrected chi connectivity index (χ3v) is 8.52. The molecule has 0 bridgehead atoms. The van der Waals surface area contributed by atoms with E-state index in [2.05, 4.69) is 16.7 Å². The molecule has 0 saturated heterocycles. The van der Waals surface area contributed by atoms with Gasteiger partial charge < -0.3 is 10.6 Å². The molecule has 5 nitrogen and oxygen atoms in total. The van der Waals surface area contributed by atoms with E-state index in [0.29, 0.717) is 22.2 Å². The Morgan fingerprint density at radius 1 is 1.09 bits per heavy atom. The third kappa shape index (κ3) is 4.98. The number of nitrogens with one attached hydrogen (secondary N) is 2. The number of rotatable bonds is 5. The molecule has 4 rings (SSSR count). The number of amides is 2. The number of benzene rings is 2. The maximum atomic E-state index is 13.0. The molecule has 0 spiro atoms. The normalized spacial score (nSPS) is 24.9. The van der Waals surface area contributed by atoms with Gasteiger partial charge in [-0.2, -0.15) is 5.26 Å². The van der Waals surface area contributed by atoms with E-state index in [0.717, 1.165) is 24.0 Å². The molecule has 178 valence electrons. The van der Waals surface area contributed by atoms with E-state index in [1.807, 2.05) is 13.0 Å². The Bertz CT molecular complexity index is 1190. The van der Waals surface area contributed by atoms with Gasteiger partial charge in [-0.05, 0) is 61.6 Å². The Balaban J connectivity index is 1.47. The third-order valence-electron chi connectivity index (χ3n) is 6.36. The van der Waals surface area contributed by atoms with Crippen LogP contribution in [-0.4, -0.2) is 22.2 Å². The van der Waals surface area contributed by atoms with Crippen LogP contribution in [0.1, 0.15) is 46.7 Å². The van der Waals surface area contributed by atoms with Crippen molar-refractivity contribution >= 4 is 75.5 Å². The van der Waals surface area contributed by atoms with Crippen LogP contribution >= 0.6 is 58.0 Å². The van der Waals surface area contributed by atoms with Crippen molar-refractivity contribution in [2.24, 2.45) is 11.8 Å². The van der Waals surface area contributed by atoms with Gasteiger partial charge in [0.15, 0.2) is 0 Å². The van der Waals surface area contributed by atoms with Crippen LogP contribution < -0.4 is 10.6 Å². The average molecular weight is 560 g/mol. The summed E-state index contributed by atoms with van der Waals surface area (Å²) in [6.45, 7) is 1.81. The van der Waals surface area contributed by atoms with Gasteiger partial charge in [0, 0.05) is 23.6 Å². The summed E-state index contributed by atoms with van der Waals surface area (Å²) in [5, 5.41) is 15.8. The summed E-state index contributed by atoms with van der Waals surface area (Å²) in [6.07, 6.45) is 2.11. The van der Waals surface area contributed by atoms with Gasteiger partial charge in [0.05, 0.1) is 32.6 Å². The summed E-state index contributed by atoms with van der Waals surface area (Å²) in [7, 11) is 0. The molecule has 2 saturated carbocycles. The van der Waals surface area contributed by atoms with Gasteiger partial charge in [-0.1, -0.05) is 40.9 Å². The summed E-state index contributed by atoms with van der Waals surface area (Å²) < 4.78 is -1.31. The van der Waals surface area contributed by atoms with Crippen molar-refractivity contribution in [3.63, 3.8) is 0 Å². The van der Waals surface area contributed by atoms with Crippen LogP contribution in [0.15, 0.2) is 30.3 Å². The Labute approximate surface area is 222 Å². The van der Waals surface area contributed by atoms with Gasteiger partial charge in [-0.3, -0.25) is 9.59 Å². The van der Waals surface area contributed by atoms with Crippen molar-refractivity contribution < 1.29 is 9.59 Å². The number of carbonyl (C=O) groups excluding carboxylic acids is 2. The van der Waals surface area contributed by atoms with E-state index in [4.69, 9.17) is 63.3 Å². The molecule has 2 N–H and O–H groups in total. The number of nitriles is 1. The van der Waals surface area contributed by atoms with Crippen LogP contribution in [0.4, 0.5) is 5.69 Å². The first kappa shape index (κ1) is 25.4. The first-order valence-corrected chi connectivity index (χ1v) is 12.6. The smallest absolute Gasteiger partial charge is 0.253 e. The predicted molar refractivity (Wildman–Crippen MR) is 136 cm³/mol. The highest BCUT2D eigenvalue weighted by molar-refractivity contribution is 6.53. The minimum atomic E-state index is -1.31. The van der Waals surface area contributed by atoms with E-state index in [9.17, 15) is 9.59 Å². The van der Waals surface area contributed by atoms with Gasteiger partial charge in [0.25, 0.3) is 5.91 Å². The van der Waals surface area contributed by atoms with Crippen molar-refractivity contribution in [2.45, 2.75) is 42.5 Å². The molecule has 2 aromatic rings. The van der Waals surface area contributed by atoms with Gasteiger partial charge in [-0.15, -0.1) is 23.2 Å². The fraction of sp³-hybridized carbons (Fsp3) is 0.375.